The van der Waals surface area contributed by atoms with Crippen molar-refractivity contribution in [2.75, 3.05) is 0 Å². The number of nitrogens with zero attached hydrogens (tertiary/aromatic N) is 2. The first-order chi connectivity index (χ1) is 16.1. The fourth-order valence-corrected chi connectivity index (χ4v) is 5.02. The molecule has 1 heterocycles. The number of rotatable bonds is 5. The van der Waals surface area contributed by atoms with Crippen LogP contribution in [0.25, 0.3) is 21.5 Å². The lowest BCUT2D eigenvalue weighted by atomic mass is 9.97. The molecule has 0 radical (unpaired) electrons. The second kappa shape index (κ2) is 9.29. The van der Waals surface area contributed by atoms with Crippen molar-refractivity contribution in [3.63, 3.8) is 0 Å². The summed E-state index contributed by atoms with van der Waals surface area (Å²) in [6.07, 6.45) is 1.83. The maximum absolute atomic E-state index is 12.5. The van der Waals surface area contributed by atoms with Crippen LogP contribution in [0, 0.1) is 0 Å². The summed E-state index contributed by atoms with van der Waals surface area (Å²) in [6.45, 7) is 0. The number of hydrogen-bond donors (Lipinski definition) is 1. The molecule has 0 spiro atoms. The molecule has 1 fully saturated rings. The van der Waals surface area contributed by atoms with Gasteiger partial charge in [-0.25, -0.2) is 0 Å². The van der Waals surface area contributed by atoms with Crippen molar-refractivity contribution in [1.29, 1.82) is 0 Å². The van der Waals surface area contributed by atoms with Gasteiger partial charge in [0, 0.05) is 22.0 Å². The van der Waals surface area contributed by atoms with Gasteiger partial charge in [-0.1, -0.05) is 88.4 Å². The number of nitrogens with one attached hydrogen (secondary N) is 1. The molecule has 162 valence electrons. The average molecular weight is 516 g/mol. The van der Waals surface area contributed by atoms with Crippen LogP contribution in [0.2, 0.25) is 0 Å². The average Bonchev–Trinajstić information content (AvgIpc) is 3.17. The molecular formula is C26H18BrN3O2S. The Kier molecular flexibility index (Phi) is 6.07. The van der Waals surface area contributed by atoms with Crippen LogP contribution in [0.1, 0.15) is 22.3 Å². The van der Waals surface area contributed by atoms with Crippen molar-refractivity contribution in [2.45, 2.75) is 11.7 Å². The topological polar surface area (TPSA) is 70.9 Å². The summed E-state index contributed by atoms with van der Waals surface area (Å²) in [7, 11) is 0. The molecule has 5 rings (SSSR count). The molecule has 1 aliphatic heterocycles. The number of fused-ring (bicyclic) bond motifs is 2. The Labute approximate surface area is 203 Å². The quantitative estimate of drug-likeness (QED) is 0.154. The van der Waals surface area contributed by atoms with E-state index in [-0.39, 0.29) is 18.1 Å². The Morgan fingerprint density at radius 3 is 2.27 bits per heavy atom. The smallest absolute Gasteiger partial charge is 0.240 e. The number of halogens is 1. The fraction of sp³-hybridized carbons (Fsp3) is 0.0769. The lowest BCUT2D eigenvalue weighted by Gasteiger charge is -2.07. The lowest BCUT2D eigenvalue weighted by Crippen LogP contribution is -2.26. The van der Waals surface area contributed by atoms with E-state index in [0.29, 0.717) is 10.7 Å². The summed E-state index contributed by atoms with van der Waals surface area (Å²) in [5.41, 5.74) is 1.56. The molecule has 4 aromatic rings. The van der Waals surface area contributed by atoms with Gasteiger partial charge in [-0.15, -0.1) is 5.10 Å². The minimum Gasteiger partial charge on any atom is -0.303 e. The van der Waals surface area contributed by atoms with Crippen molar-refractivity contribution in [3.8, 4) is 0 Å². The molecule has 1 N–H and O–H groups in total. The lowest BCUT2D eigenvalue weighted by molar-refractivity contribution is -0.118. The molecule has 0 aromatic heterocycles. The normalized spacial score (nSPS) is 17.3. The number of thioether (sulfide) groups is 1. The number of carbonyl (C=O) groups is 2. The van der Waals surface area contributed by atoms with Crippen LogP contribution in [0.15, 0.2) is 93.5 Å². The number of carbonyl (C=O) groups excluding carboxylic acids is 2. The van der Waals surface area contributed by atoms with Crippen LogP contribution >= 0.6 is 27.7 Å². The molecule has 0 saturated carbocycles. The molecule has 33 heavy (non-hydrogen) atoms. The van der Waals surface area contributed by atoms with Crippen molar-refractivity contribution < 1.29 is 9.59 Å². The molecule has 4 aromatic carbocycles. The zero-order valence-electron chi connectivity index (χ0n) is 17.4. The monoisotopic (exact) mass is 515 g/mol. The standard InChI is InChI=1S/C26H18BrN3O2S/c27-19-11-9-16(10-12-19)23(31)14-24-25(32)29-26(33-24)30-28-15-22-20-7-3-1-5-17(20)13-18-6-2-4-8-21(18)22/h1-13,15,24H,14H2,(H,29,30,32)/b28-15+. The van der Waals surface area contributed by atoms with E-state index in [2.05, 4.69) is 61.8 Å². The highest BCUT2D eigenvalue weighted by Gasteiger charge is 2.32. The maximum atomic E-state index is 12.5. The van der Waals surface area contributed by atoms with Crippen molar-refractivity contribution >= 4 is 72.3 Å². The van der Waals surface area contributed by atoms with E-state index in [4.69, 9.17) is 0 Å². The van der Waals surface area contributed by atoms with E-state index in [1.54, 1.807) is 18.3 Å². The minimum absolute atomic E-state index is 0.0814. The number of amides is 1. The van der Waals surface area contributed by atoms with Gasteiger partial charge in [-0.3, -0.25) is 9.59 Å². The largest absolute Gasteiger partial charge is 0.303 e. The third kappa shape index (κ3) is 4.60. The van der Waals surface area contributed by atoms with E-state index in [1.165, 1.54) is 11.8 Å². The number of benzene rings is 4. The molecule has 1 aliphatic rings. The zero-order chi connectivity index (χ0) is 22.8. The summed E-state index contributed by atoms with van der Waals surface area (Å²) < 4.78 is 0.901. The van der Waals surface area contributed by atoms with Crippen molar-refractivity contribution in [2.24, 2.45) is 10.2 Å². The Hall–Kier alpha value is -3.29. The molecule has 0 aliphatic carbocycles. The summed E-state index contributed by atoms with van der Waals surface area (Å²) in [6, 6.07) is 25.6. The minimum atomic E-state index is -0.520. The van der Waals surface area contributed by atoms with Crippen LogP contribution in [0.5, 0.6) is 0 Å². The summed E-state index contributed by atoms with van der Waals surface area (Å²) >= 11 is 4.59. The second-order valence-electron chi connectivity index (χ2n) is 7.61. The van der Waals surface area contributed by atoms with Gasteiger partial charge < -0.3 is 5.32 Å². The first-order valence-corrected chi connectivity index (χ1v) is 12.0. The Morgan fingerprint density at radius 2 is 1.61 bits per heavy atom. The van der Waals surface area contributed by atoms with Crippen LogP contribution in [-0.2, 0) is 4.79 Å². The number of hydrogen-bond acceptors (Lipinski definition) is 5. The maximum Gasteiger partial charge on any atom is 0.240 e. The van der Waals surface area contributed by atoms with E-state index in [0.717, 1.165) is 31.6 Å². The van der Waals surface area contributed by atoms with Crippen LogP contribution < -0.4 is 5.32 Å². The Morgan fingerprint density at radius 1 is 0.970 bits per heavy atom. The van der Waals surface area contributed by atoms with Gasteiger partial charge in [0.15, 0.2) is 11.0 Å². The zero-order valence-corrected chi connectivity index (χ0v) is 19.8. The molecule has 1 unspecified atom stereocenters. The van der Waals surface area contributed by atoms with Crippen LogP contribution in [0.4, 0.5) is 0 Å². The highest BCUT2D eigenvalue weighted by molar-refractivity contribution is 9.10. The number of amidine groups is 1. The highest BCUT2D eigenvalue weighted by Crippen LogP contribution is 2.28. The summed E-state index contributed by atoms with van der Waals surface area (Å²) in [4.78, 5) is 24.9. The van der Waals surface area contributed by atoms with Gasteiger partial charge in [0.25, 0.3) is 0 Å². The van der Waals surface area contributed by atoms with Gasteiger partial charge in [-0.05, 0) is 39.7 Å². The summed E-state index contributed by atoms with van der Waals surface area (Å²) in [5, 5.41) is 15.5. The Bertz CT molecular complexity index is 1390. The van der Waals surface area contributed by atoms with Crippen molar-refractivity contribution in [1.82, 2.24) is 5.32 Å². The number of Topliss-reactive ketones (excluding diaryl/α,β-unsaturated/α-hetero) is 1. The van der Waals surface area contributed by atoms with E-state index >= 15 is 0 Å². The van der Waals surface area contributed by atoms with E-state index in [9.17, 15) is 9.59 Å². The van der Waals surface area contributed by atoms with Gasteiger partial charge in [0.2, 0.25) is 5.91 Å². The molecular weight excluding hydrogens is 498 g/mol. The molecule has 1 amide bonds. The molecule has 1 saturated heterocycles. The highest BCUT2D eigenvalue weighted by atomic mass is 79.9. The molecule has 1 atom stereocenters. The van der Waals surface area contributed by atoms with Gasteiger partial charge in [-0.2, -0.15) is 5.10 Å². The van der Waals surface area contributed by atoms with Crippen molar-refractivity contribution in [3.05, 3.63) is 94.5 Å². The third-order valence-electron chi connectivity index (χ3n) is 5.46. The first kappa shape index (κ1) is 21.6. The molecule has 5 nitrogen and oxygen atoms in total. The Balaban J connectivity index is 1.36. The molecule has 0 bridgehead atoms. The molecule has 7 heteroatoms. The fourth-order valence-electron chi connectivity index (χ4n) is 3.84. The third-order valence-corrected chi connectivity index (χ3v) is 7.06. The number of ketones is 1. The predicted molar refractivity (Wildman–Crippen MR) is 139 cm³/mol. The van der Waals surface area contributed by atoms with Gasteiger partial charge >= 0.3 is 0 Å². The second-order valence-corrected chi connectivity index (χ2v) is 9.72. The van der Waals surface area contributed by atoms with Crippen LogP contribution in [-0.4, -0.2) is 28.3 Å². The van der Waals surface area contributed by atoms with Crippen LogP contribution in [0.3, 0.4) is 0 Å². The predicted octanol–water partition coefficient (Wildman–Crippen LogP) is 5.95. The van der Waals surface area contributed by atoms with E-state index in [1.807, 2.05) is 36.4 Å². The summed E-state index contributed by atoms with van der Waals surface area (Å²) in [5.74, 6) is -0.308. The van der Waals surface area contributed by atoms with Gasteiger partial charge in [0.05, 0.1) is 11.5 Å². The SMILES string of the molecule is O=C(CC1S/C(=N/N=C/c2c3ccccc3cc3ccccc23)NC1=O)c1ccc(Br)cc1. The van der Waals surface area contributed by atoms with E-state index < -0.39 is 5.25 Å². The first-order valence-electron chi connectivity index (χ1n) is 10.4. The van der Waals surface area contributed by atoms with Gasteiger partial charge in [0.1, 0.15) is 0 Å².